The average molecular weight is 230 g/mol. The van der Waals surface area contributed by atoms with Gasteiger partial charge in [0.05, 0.1) is 0 Å². The molecule has 0 atom stereocenters. The minimum absolute atomic E-state index is 0.213. The summed E-state index contributed by atoms with van der Waals surface area (Å²) in [7, 11) is 0. The van der Waals surface area contributed by atoms with Crippen LogP contribution in [0.25, 0.3) is 0 Å². The first-order valence-corrected chi connectivity index (χ1v) is 4.52. The number of rotatable bonds is 3. The Balaban J connectivity index is 2.92. The van der Waals surface area contributed by atoms with Crippen molar-refractivity contribution in [3.8, 4) is 5.75 Å². The summed E-state index contributed by atoms with van der Waals surface area (Å²) in [6, 6.07) is 2.82. The topological polar surface area (TPSA) is 64.3 Å². The van der Waals surface area contributed by atoms with Crippen LogP contribution < -0.4 is 16.0 Å². The number of benzene rings is 1. The fourth-order valence-corrected chi connectivity index (χ4v) is 1.05. The molecule has 0 fully saturated rings. The highest BCUT2D eigenvalue weighted by atomic mass is 19.1. The molecule has 1 rings (SSSR count). The smallest absolute Gasteiger partial charge is 0.277 e. The molecule has 88 valence electrons. The third-order valence-corrected chi connectivity index (χ3v) is 1.94. The lowest BCUT2D eigenvalue weighted by atomic mass is 10.1. The van der Waals surface area contributed by atoms with Gasteiger partial charge >= 0.3 is 0 Å². The van der Waals surface area contributed by atoms with E-state index in [0.717, 1.165) is 12.1 Å². The number of hydrogen-bond acceptors (Lipinski definition) is 3. The van der Waals surface area contributed by atoms with Crippen molar-refractivity contribution < 1.29 is 18.3 Å². The summed E-state index contributed by atoms with van der Waals surface area (Å²) in [5.41, 5.74) is 0.556. The quantitative estimate of drug-likeness (QED) is 0.464. The van der Waals surface area contributed by atoms with Gasteiger partial charge in [-0.1, -0.05) is 0 Å². The molecule has 1 aromatic carbocycles. The molecule has 1 aromatic rings. The average Bonchev–Trinajstić information content (AvgIpc) is 2.21. The van der Waals surface area contributed by atoms with Crippen LogP contribution >= 0.6 is 0 Å². The summed E-state index contributed by atoms with van der Waals surface area (Å²) in [5, 5.41) is 0. The molecular formula is C10H12F2N2O2. The molecule has 4 nitrogen and oxygen atoms in total. The van der Waals surface area contributed by atoms with Crippen molar-refractivity contribution in [1.82, 2.24) is 5.43 Å². The lowest BCUT2D eigenvalue weighted by Gasteiger charge is -2.24. The largest absolute Gasteiger partial charge is 0.475 e. The molecule has 0 aliphatic rings. The molecule has 0 aliphatic heterocycles. The molecule has 0 aromatic heterocycles. The minimum atomic E-state index is -1.34. The molecule has 0 bridgehead atoms. The van der Waals surface area contributed by atoms with Crippen LogP contribution in [0.3, 0.4) is 0 Å². The summed E-state index contributed by atoms with van der Waals surface area (Å²) >= 11 is 0. The van der Waals surface area contributed by atoms with E-state index in [-0.39, 0.29) is 5.75 Å². The summed E-state index contributed by atoms with van der Waals surface area (Å²) in [4.78, 5) is 11.3. The minimum Gasteiger partial charge on any atom is -0.475 e. The van der Waals surface area contributed by atoms with Gasteiger partial charge in [0, 0.05) is 6.07 Å². The van der Waals surface area contributed by atoms with Gasteiger partial charge in [-0.25, -0.2) is 14.6 Å². The van der Waals surface area contributed by atoms with Crippen LogP contribution in [0, 0.1) is 11.6 Å². The predicted octanol–water partition coefficient (Wildman–Crippen LogP) is 1.11. The zero-order valence-electron chi connectivity index (χ0n) is 8.88. The first kappa shape index (κ1) is 12.4. The van der Waals surface area contributed by atoms with Gasteiger partial charge in [-0.2, -0.15) is 0 Å². The van der Waals surface area contributed by atoms with Crippen LogP contribution in [-0.4, -0.2) is 11.5 Å². The molecule has 0 heterocycles. The number of carbonyl (C=O) groups excluding carboxylic acids is 1. The lowest BCUT2D eigenvalue weighted by Crippen LogP contribution is -2.49. The zero-order chi connectivity index (χ0) is 12.3. The lowest BCUT2D eigenvalue weighted by molar-refractivity contribution is -0.134. The van der Waals surface area contributed by atoms with Crippen molar-refractivity contribution in [3.05, 3.63) is 29.8 Å². The Morgan fingerprint density at radius 1 is 1.44 bits per heavy atom. The molecule has 16 heavy (non-hydrogen) atoms. The van der Waals surface area contributed by atoms with Gasteiger partial charge in [-0.05, 0) is 26.0 Å². The number of nitrogens with one attached hydrogen (secondary N) is 1. The van der Waals surface area contributed by atoms with Gasteiger partial charge < -0.3 is 4.74 Å². The van der Waals surface area contributed by atoms with Gasteiger partial charge in [-0.3, -0.25) is 10.2 Å². The molecule has 3 N–H and O–H groups in total. The zero-order valence-corrected chi connectivity index (χ0v) is 8.88. The van der Waals surface area contributed by atoms with Crippen LogP contribution in [0.15, 0.2) is 18.2 Å². The highest BCUT2D eigenvalue weighted by Crippen LogP contribution is 2.22. The molecular weight excluding hydrogens is 218 g/mol. The maximum Gasteiger partial charge on any atom is 0.277 e. The third kappa shape index (κ3) is 2.66. The maximum absolute atomic E-state index is 13.2. The second-order valence-electron chi connectivity index (χ2n) is 3.66. The first-order chi connectivity index (χ1) is 7.36. The van der Waals surface area contributed by atoms with Gasteiger partial charge in [0.2, 0.25) is 0 Å². The Bertz CT molecular complexity index is 408. The maximum atomic E-state index is 13.2. The fourth-order valence-electron chi connectivity index (χ4n) is 1.05. The number of halogens is 2. The predicted molar refractivity (Wildman–Crippen MR) is 53.4 cm³/mol. The Morgan fingerprint density at radius 2 is 2.06 bits per heavy atom. The Hall–Kier alpha value is -1.69. The number of hydrazine groups is 1. The molecule has 0 saturated carbocycles. The molecule has 1 amide bonds. The monoisotopic (exact) mass is 230 g/mol. The van der Waals surface area contributed by atoms with Crippen molar-refractivity contribution in [3.63, 3.8) is 0 Å². The van der Waals surface area contributed by atoms with Gasteiger partial charge in [0.1, 0.15) is 5.82 Å². The summed E-state index contributed by atoms with van der Waals surface area (Å²) in [5.74, 6) is 2.52. The Labute approximate surface area is 91.4 Å². The molecule has 0 saturated heterocycles. The van der Waals surface area contributed by atoms with E-state index in [0.29, 0.717) is 6.07 Å². The van der Waals surface area contributed by atoms with Crippen LogP contribution in [-0.2, 0) is 4.79 Å². The van der Waals surface area contributed by atoms with Crippen molar-refractivity contribution >= 4 is 5.91 Å². The van der Waals surface area contributed by atoms with E-state index >= 15 is 0 Å². The van der Waals surface area contributed by atoms with Gasteiger partial charge in [0.25, 0.3) is 5.91 Å². The second kappa shape index (κ2) is 4.44. The molecule has 0 radical (unpaired) electrons. The van der Waals surface area contributed by atoms with E-state index in [1.165, 1.54) is 13.8 Å². The highest BCUT2D eigenvalue weighted by Gasteiger charge is 2.30. The number of amides is 1. The van der Waals surface area contributed by atoms with E-state index in [1.807, 2.05) is 5.43 Å². The van der Waals surface area contributed by atoms with Gasteiger partial charge in [-0.15, -0.1) is 0 Å². The molecule has 0 aliphatic carbocycles. The van der Waals surface area contributed by atoms with E-state index in [2.05, 4.69) is 0 Å². The van der Waals surface area contributed by atoms with Crippen molar-refractivity contribution in [2.24, 2.45) is 5.84 Å². The second-order valence-corrected chi connectivity index (χ2v) is 3.66. The standard InChI is InChI=1S/C10H12F2N2O2/c1-10(2,9(15)14-13)16-8-4-3-6(11)5-7(8)12/h3-5H,13H2,1-2H3,(H,14,15). The number of nitrogens with two attached hydrogens (primary N) is 1. The molecule has 0 unspecified atom stereocenters. The SMILES string of the molecule is CC(C)(Oc1ccc(F)cc1F)C(=O)NN. The summed E-state index contributed by atoms with van der Waals surface area (Å²) in [6.45, 7) is 2.83. The van der Waals surface area contributed by atoms with E-state index in [9.17, 15) is 13.6 Å². The van der Waals surface area contributed by atoms with Crippen LogP contribution in [0.2, 0.25) is 0 Å². The van der Waals surface area contributed by atoms with Crippen molar-refractivity contribution in [2.75, 3.05) is 0 Å². The van der Waals surface area contributed by atoms with Crippen LogP contribution in [0.5, 0.6) is 5.75 Å². The normalized spacial score (nSPS) is 11.1. The Kier molecular flexibility index (Phi) is 3.44. The van der Waals surface area contributed by atoms with Crippen LogP contribution in [0.4, 0.5) is 8.78 Å². The van der Waals surface area contributed by atoms with E-state index < -0.39 is 23.1 Å². The number of carbonyl (C=O) groups is 1. The van der Waals surface area contributed by atoms with Gasteiger partial charge in [0.15, 0.2) is 17.2 Å². The first-order valence-electron chi connectivity index (χ1n) is 4.52. The van der Waals surface area contributed by atoms with E-state index in [1.54, 1.807) is 0 Å². The number of hydrogen-bond donors (Lipinski definition) is 2. The van der Waals surface area contributed by atoms with Crippen molar-refractivity contribution in [2.45, 2.75) is 19.4 Å². The number of ether oxygens (including phenoxy) is 1. The van der Waals surface area contributed by atoms with E-state index in [4.69, 9.17) is 10.6 Å². The van der Waals surface area contributed by atoms with Crippen LogP contribution in [0.1, 0.15) is 13.8 Å². The molecule has 0 spiro atoms. The summed E-state index contributed by atoms with van der Waals surface area (Å²) in [6.07, 6.45) is 0. The third-order valence-electron chi connectivity index (χ3n) is 1.94. The fraction of sp³-hybridized carbons (Fsp3) is 0.300. The van der Waals surface area contributed by atoms with Crippen molar-refractivity contribution in [1.29, 1.82) is 0 Å². The summed E-state index contributed by atoms with van der Waals surface area (Å²) < 4.78 is 30.9. The molecule has 6 heteroatoms. The highest BCUT2D eigenvalue weighted by molar-refractivity contribution is 5.84. The Morgan fingerprint density at radius 3 is 2.56 bits per heavy atom.